The zero-order valence-electron chi connectivity index (χ0n) is 8.25. The van der Waals surface area contributed by atoms with E-state index in [2.05, 4.69) is 10.6 Å². The first kappa shape index (κ1) is 11.0. The maximum absolute atomic E-state index is 10.6. The number of amides is 1. The van der Waals surface area contributed by atoms with Crippen molar-refractivity contribution in [2.24, 2.45) is 5.92 Å². The number of carbonyl (C=O) groups is 2. The van der Waals surface area contributed by atoms with E-state index in [9.17, 15) is 9.59 Å². The van der Waals surface area contributed by atoms with Gasteiger partial charge >= 0.3 is 5.97 Å². The highest BCUT2D eigenvalue weighted by Crippen LogP contribution is 2.27. The summed E-state index contributed by atoms with van der Waals surface area (Å²) in [5.41, 5.74) is 0. The van der Waals surface area contributed by atoms with Crippen molar-refractivity contribution in [2.75, 3.05) is 13.1 Å². The van der Waals surface area contributed by atoms with Gasteiger partial charge in [-0.25, -0.2) is 0 Å². The molecule has 0 heterocycles. The second kappa shape index (κ2) is 4.95. The van der Waals surface area contributed by atoms with Crippen molar-refractivity contribution < 1.29 is 14.7 Å². The Hall–Kier alpha value is -1.10. The van der Waals surface area contributed by atoms with Crippen molar-refractivity contribution in [3.05, 3.63) is 0 Å². The molecule has 3 N–H and O–H groups in total. The Morgan fingerprint density at radius 1 is 1.36 bits per heavy atom. The van der Waals surface area contributed by atoms with Crippen LogP contribution in [0.5, 0.6) is 0 Å². The van der Waals surface area contributed by atoms with Crippen molar-refractivity contribution in [3.63, 3.8) is 0 Å². The molecule has 0 spiro atoms. The van der Waals surface area contributed by atoms with Crippen LogP contribution in [0, 0.1) is 5.92 Å². The van der Waals surface area contributed by atoms with Crippen molar-refractivity contribution in [2.45, 2.75) is 25.8 Å². The zero-order chi connectivity index (χ0) is 10.6. The van der Waals surface area contributed by atoms with Gasteiger partial charge in [0.15, 0.2) is 0 Å². The number of rotatable bonds is 5. The molecular formula is C9H16N2O3. The summed E-state index contributed by atoms with van der Waals surface area (Å²) in [7, 11) is 0. The number of carboxylic acid groups (broad SMARTS) is 1. The summed E-state index contributed by atoms with van der Waals surface area (Å²) in [6.45, 7) is 2.65. The lowest BCUT2D eigenvalue weighted by molar-refractivity contribution is -0.146. The molecule has 0 radical (unpaired) electrons. The molecule has 2 atom stereocenters. The quantitative estimate of drug-likeness (QED) is 0.526. The monoisotopic (exact) mass is 200 g/mol. The van der Waals surface area contributed by atoms with Gasteiger partial charge < -0.3 is 15.7 Å². The van der Waals surface area contributed by atoms with E-state index in [-0.39, 0.29) is 17.9 Å². The van der Waals surface area contributed by atoms with Gasteiger partial charge in [0.1, 0.15) is 0 Å². The number of aliphatic carboxylic acids is 1. The first-order valence-corrected chi connectivity index (χ1v) is 4.82. The molecule has 0 bridgehead atoms. The predicted molar refractivity (Wildman–Crippen MR) is 50.8 cm³/mol. The second-order valence-corrected chi connectivity index (χ2v) is 3.57. The summed E-state index contributed by atoms with van der Waals surface area (Å²) >= 11 is 0. The lowest BCUT2D eigenvalue weighted by Crippen LogP contribution is -2.49. The SMILES string of the molecule is CC(=O)NCCNC1CCC1C(=O)O. The smallest absolute Gasteiger partial charge is 0.308 e. The lowest BCUT2D eigenvalue weighted by atomic mass is 9.79. The average molecular weight is 200 g/mol. The normalized spacial score (nSPS) is 25.2. The van der Waals surface area contributed by atoms with E-state index in [1.165, 1.54) is 6.92 Å². The van der Waals surface area contributed by atoms with Crippen molar-refractivity contribution in [3.8, 4) is 0 Å². The highest BCUT2D eigenvalue weighted by atomic mass is 16.4. The van der Waals surface area contributed by atoms with E-state index in [0.29, 0.717) is 13.1 Å². The van der Waals surface area contributed by atoms with Crippen molar-refractivity contribution >= 4 is 11.9 Å². The molecule has 2 unspecified atom stereocenters. The Morgan fingerprint density at radius 3 is 2.50 bits per heavy atom. The zero-order valence-corrected chi connectivity index (χ0v) is 8.25. The summed E-state index contributed by atoms with van der Waals surface area (Å²) in [6, 6.07) is 0.0845. The van der Waals surface area contributed by atoms with Gasteiger partial charge in [-0.05, 0) is 12.8 Å². The highest BCUT2D eigenvalue weighted by molar-refractivity contribution is 5.73. The van der Waals surface area contributed by atoms with Crippen LogP contribution >= 0.6 is 0 Å². The molecule has 5 heteroatoms. The van der Waals surface area contributed by atoms with Crippen LogP contribution in [0.15, 0.2) is 0 Å². The predicted octanol–water partition coefficient (Wildman–Crippen LogP) is -0.425. The molecule has 0 aromatic carbocycles. The molecule has 1 aliphatic carbocycles. The molecule has 0 aromatic heterocycles. The first-order chi connectivity index (χ1) is 6.61. The molecule has 1 saturated carbocycles. The fraction of sp³-hybridized carbons (Fsp3) is 0.778. The lowest BCUT2D eigenvalue weighted by Gasteiger charge is -2.34. The Labute approximate surface area is 82.9 Å². The molecule has 14 heavy (non-hydrogen) atoms. The van der Waals surface area contributed by atoms with Gasteiger partial charge in [-0.15, -0.1) is 0 Å². The third-order valence-corrected chi connectivity index (χ3v) is 2.50. The molecule has 1 amide bonds. The summed E-state index contributed by atoms with van der Waals surface area (Å²) in [4.78, 5) is 21.1. The van der Waals surface area contributed by atoms with Gasteiger partial charge in [0.25, 0.3) is 0 Å². The summed E-state index contributed by atoms with van der Waals surface area (Å²) in [5.74, 6) is -1.03. The number of hydrogen-bond donors (Lipinski definition) is 3. The fourth-order valence-corrected chi connectivity index (χ4v) is 1.54. The number of nitrogens with one attached hydrogen (secondary N) is 2. The Balaban J connectivity index is 2.07. The first-order valence-electron chi connectivity index (χ1n) is 4.82. The number of carboxylic acids is 1. The van der Waals surface area contributed by atoms with E-state index in [0.717, 1.165) is 12.8 Å². The number of hydrogen-bond acceptors (Lipinski definition) is 3. The molecule has 0 aromatic rings. The molecule has 0 saturated heterocycles. The molecule has 1 fully saturated rings. The van der Waals surface area contributed by atoms with Gasteiger partial charge in [0.05, 0.1) is 5.92 Å². The molecule has 0 aliphatic heterocycles. The van der Waals surface area contributed by atoms with Crippen LogP contribution in [0.2, 0.25) is 0 Å². The van der Waals surface area contributed by atoms with Crippen LogP contribution in [0.4, 0.5) is 0 Å². The summed E-state index contributed by atoms with van der Waals surface area (Å²) in [5, 5.41) is 14.5. The van der Waals surface area contributed by atoms with Gasteiger partial charge in [0, 0.05) is 26.1 Å². The second-order valence-electron chi connectivity index (χ2n) is 3.57. The Bertz CT molecular complexity index is 230. The third-order valence-electron chi connectivity index (χ3n) is 2.50. The van der Waals surface area contributed by atoms with E-state index < -0.39 is 5.97 Å². The topological polar surface area (TPSA) is 78.4 Å². The molecule has 1 aliphatic rings. The maximum Gasteiger partial charge on any atom is 0.308 e. The molecule has 5 nitrogen and oxygen atoms in total. The van der Waals surface area contributed by atoms with Crippen molar-refractivity contribution in [1.29, 1.82) is 0 Å². The minimum atomic E-state index is -0.728. The Kier molecular flexibility index (Phi) is 3.88. The minimum absolute atomic E-state index is 0.0600. The van der Waals surface area contributed by atoms with Crippen LogP contribution in [-0.4, -0.2) is 36.1 Å². The number of carbonyl (C=O) groups excluding carboxylic acids is 1. The van der Waals surface area contributed by atoms with Gasteiger partial charge in [-0.1, -0.05) is 0 Å². The van der Waals surface area contributed by atoms with Gasteiger partial charge in [-0.2, -0.15) is 0 Å². The summed E-state index contributed by atoms with van der Waals surface area (Å²) < 4.78 is 0. The largest absolute Gasteiger partial charge is 0.481 e. The standard InChI is InChI=1S/C9H16N2O3/c1-6(12)10-4-5-11-8-3-2-7(8)9(13)14/h7-8,11H,2-5H2,1H3,(H,10,12)(H,13,14). The van der Waals surface area contributed by atoms with E-state index in [1.54, 1.807) is 0 Å². The van der Waals surface area contributed by atoms with E-state index in [4.69, 9.17) is 5.11 Å². The Morgan fingerprint density at radius 2 is 2.07 bits per heavy atom. The van der Waals surface area contributed by atoms with Crippen LogP contribution < -0.4 is 10.6 Å². The minimum Gasteiger partial charge on any atom is -0.481 e. The maximum atomic E-state index is 10.6. The fourth-order valence-electron chi connectivity index (χ4n) is 1.54. The molecule has 80 valence electrons. The summed E-state index contributed by atoms with van der Waals surface area (Å²) in [6.07, 6.45) is 1.67. The van der Waals surface area contributed by atoms with Crippen LogP contribution in [-0.2, 0) is 9.59 Å². The van der Waals surface area contributed by atoms with Gasteiger partial charge in [-0.3, -0.25) is 9.59 Å². The molecule has 1 rings (SSSR count). The van der Waals surface area contributed by atoms with Gasteiger partial charge in [0.2, 0.25) is 5.91 Å². The van der Waals surface area contributed by atoms with Crippen LogP contribution in [0.25, 0.3) is 0 Å². The highest BCUT2D eigenvalue weighted by Gasteiger charge is 2.35. The van der Waals surface area contributed by atoms with Crippen molar-refractivity contribution in [1.82, 2.24) is 10.6 Å². The van der Waals surface area contributed by atoms with Crippen LogP contribution in [0.3, 0.4) is 0 Å². The third kappa shape index (κ3) is 2.99. The van der Waals surface area contributed by atoms with E-state index >= 15 is 0 Å². The van der Waals surface area contributed by atoms with E-state index in [1.807, 2.05) is 0 Å². The van der Waals surface area contributed by atoms with Crippen LogP contribution in [0.1, 0.15) is 19.8 Å². The average Bonchev–Trinajstić information content (AvgIpc) is 1.99. The molecular weight excluding hydrogens is 184 g/mol.